The molecule has 1 N–H and O–H groups in total. The second-order valence-corrected chi connectivity index (χ2v) is 12.6. The number of hydrogen-bond donors (Lipinski definition) is 1. The summed E-state index contributed by atoms with van der Waals surface area (Å²) in [6, 6.07) is 20.3. The lowest BCUT2D eigenvalue weighted by molar-refractivity contribution is -0.140. The first kappa shape index (κ1) is 31.5. The van der Waals surface area contributed by atoms with Crippen LogP contribution in [0.5, 0.6) is 0 Å². The summed E-state index contributed by atoms with van der Waals surface area (Å²) in [5.41, 5.74) is 2.73. The summed E-state index contributed by atoms with van der Waals surface area (Å²) in [5, 5.41) is 3.68. The first-order valence-corrected chi connectivity index (χ1v) is 15.6. The zero-order valence-electron chi connectivity index (χ0n) is 23.1. The van der Waals surface area contributed by atoms with Crippen LogP contribution >= 0.6 is 23.2 Å². The Bertz CT molecular complexity index is 1430. The quantitative estimate of drug-likeness (QED) is 0.291. The normalized spacial score (nSPS) is 12.8. The number of hydrogen-bond acceptors (Lipinski definition) is 4. The monoisotopic (exact) mass is 603 g/mol. The van der Waals surface area contributed by atoms with Crippen LogP contribution in [0.4, 0.5) is 5.69 Å². The topological polar surface area (TPSA) is 86.8 Å². The Morgan fingerprint density at radius 1 is 0.925 bits per heavy atom. The number of benzene rings is 3. The van der Waals surface area contributed by atoms with Crippen molar-refractivity contribution in [1.29, 1.82) is 0 Å². The average Bonchev–Trinajstić information content (AvgIpc) is 2.90. The highest BCUT2D eigenvalue weighted by Crippen LogP contribution is 2.25. The maximum atomic E-state index is 14.1. The molecule has 0 aliphatic carbocycles. The van der Waals surface area contributed by atoms with Crippen molar-refractivity contribution < 1.29 is 18.0 Å². The van der Waals surface area contributed by atoms with Gasteiger partial charge in [-0.25, -0.2) is 8.42 Å². The molecule has 3 aromatic rings. The number of amides is 2. The molecule has 0 unspecified atom stereocenters. The largest absolute Gasteiger partial charge is 0.352 e. The highest BCUT2D eigenvalue weighted by Gasteiger charge is 2.33. The number of rotatable bonds is 12. The molecular formula is C30H35Cl2N3O4S. The third-order valence-electron chi connectivity index (χ3n) is 6.58. The van der Waals surface area contributed by atoms with Crippen LogP contribution in [0.1, 0.15) is 37.0 Å². The highest BCUT2D eigenvalue weighted by molar-refractivity contribution is 7.92. The summed E-state index contributed by atoms with van der Waals surface area (Å²) in [7, 11) is -3.83. The zero-order valence-corrected chi connectivity index (χ0v) is 25.4. The van der Waals surface area contributed by atoms with Crippen LogP contribution < -0.4 is 9.62 Å². The fourth-order valence-corrected chi connectivity index (χ4v) is 5.39. The Morgan fingerprint density at radius 3 is 2.23 bits per heavy atom. The standard InChI is InChI=1S/C30H35Cl2N3O4S/c1-5-22(3)33-30(37)28(18-23-11-7-6-8-12-23)34(19-24-14-15-26(31)27(32)17-24)29(36)20-35(40(4,38)39)25-13-9-10-21(2)16-25/h6-17,22,28H,5,18-20H2,1-4H3,(H,33,37)/t22-,28-/m0/s1. The second kappa shape index (κ2) is 14.0. The number of carbonyl (C=O) groups is 2. The minimum absolute atomic E-state index is 0.0204. The first-order chi connectivity index (χ1) is 18.9. The third kappa shape index (κ3) is 8.71. The van der Waals surface area contributed by atoms with Gasteiger partial charge in [-0.1, -0.05) is 78.7 Å². The van der Waals surface area contributed by atoms with Crippen molar-refractivity contribution in [2.75, 3.05) is 17.1 Å². The van der Waals surface area contributed by atoms with E-state index in [2.05, 4.69) is 5.32 Å². The van der Waals surface area contributed by atoms with Gasteiger partial charge in [0.1, 0.15) is 12.6 Å². The average molecular weight is 605 g/mol. The van der Waals surface area contributed by atoms with E-state index >= 15 is 0 Å². The minimum Gasteiger partial charge on any atom is -0.352 e. The molecule has 3 rings (SSSR count). The van der Waals surface area contributed by atoms with Crippen LogP contribution in [0.25, 0.3) is 0 Å². The molecule has 0 radical (unpaired) electrons. The Hall–Kier alpha value is -3.07. The number of anilines is 1. The van der Waals surface area contributed by atoms with Crippen molar-refractivity contribution >= 4 is 50.7 Å². The molecule has 0 aliphatic rings. The fourth-order valence-electron chi connectivity index (χ4n) is 4.23. The van der Waals surface area contributed by atoms with Crippen LogP contribution in [-0.4, -0.2) is 50.0 Å². The van der Waals surface area contributed by atoms with Crippen LogP contribution in [0.2, 0.25) is 10.0 Å². The van der Waals surface area contributed by atoms with E-state index in [4.69, 9.17) is 23.2 Å². The number of nitrogens with one attached hydrogen (secondary N) is 1. The van der Waals surface area contributed by atoms with Gasteiger partial charge in [-0.3, -0.25) is 13.9 Å². The van der Waals surface area contributed by atoms with Gasteiger partial charge in [0.05, 0.1) is 22.0 Å². The predicted molar refractivity (Wildman–Crippen MR) is 162 cm³/mol. The molecule has 3 aromatic carbocycles. The van der Waals surface area contributed by atoms with E-state index in [9.17, 15) is 18.0 Å². The Balaban J connectivity index is 2.08. The number of halogens is 2. The molecule has 40 heavy (non-hydrogen) atoms. The summed E-state index contributed by atoms with van der Waals surface area (Å²) in [5.74, 6) is -0.855. The van der Waals surface area contributed by atoms with Crippen molar-refractivity contribution in [2.24, 2.45) is 0 Å². The number of nitrogens with zero attached hydrogens (tertiary/aromatic N) is 2. The van der Waals surface area contributed by atoms with Gasteiger partial charge in [0, 0.05) is 19.0 Å². The molecule has 0 fully saturated rings. The molecule has 7 nitrogen and oxygen atoms in total. The molecule has 0 aliphatic heterocycles. The van der Waals surface area contributed by atoms with E-state index in [0.29, 0.717) is 27.7 Å². The Morgan fingerprint density at radius 2 is 1.62 bits per heavy atom. The second-order valence-electron chi connectivity index (χ2n) is 9.90. The summed E-state index contributed by atoms with van der Waals surface area (Å²) in [6.45, 7) is 5.24. The minimum atomic E-state index is -3.83. The molecular weight excluding hydrogens is 569 g/mol. The van der Waals surface area contributed by atoms with Crippen molar-refractivity contribution in [3.63, 3.8) is 0 Å². The smallest absolute Gasteiger partial charge is 0.244 e. The van der Waals surface area contributed by atoms with Crippen molar-refractivity contribution in [3.05, 3.63) is 99.5 Å². The lowest BCUT2D eigenvalue weighted by Crippen LogP contribution is -2.54. The molecule has 0 saturated carbocycles. The highest BCUT2D eigenvalue weighted by atomic mass is 35.5. The lowest BCUT2D eigenvalue weighted by atomic mass is 10.0. The van der Waals surface area contributed by atoms with Gasteiger partial charge in [0.15, 0.2) is 0 Å². The van der Waals surface area contributed by atoms with E-state index < -0.39 is 28.5 Å². The van der Waals surface area contributed by atoms with Crippen LogP contribution in [-0.2, 0) is 32.6 Å². The molecule has 0 heterocycles. The molecule has 10 heteroatoms. The van der Waals surface area contributed by atoms with Crippen LogP contribution in [0.15, 0.2) is 72.8 Å². The molecule has 2 atom stereocenters. The molecule has 0 bridgehead atoms. The number of carbonyl (C=O) groups excluding carboxylic acids is 2. The summed E-state index contributed by atoms with van der Waals surface area (Å²) in [4.78, 5) is 29.2. The number of sulfonamides is 1. The van der Waals surface area contributed by atoms with Crippen molar-refractivity contribution in [1.82, 2.24) is 10.2 Å². The molecule has 0 spiro atoms. The maximum Gasteiger partial charge on any atom is 0.244 e. The SMILES string of the molecule is CC[C@H](C)NC(=O)[C@H](Cc1ccccc1)N(Cc1ccc(Cl)c(Cl)c1)C(=O)CN(c1cccc(C)c1)S(C)(=O)=O. The van der Waals surface area contributed by atoms with Crippen molar-refractivity contribution in [2.45, 2.75) is 52.2 Å². The first-order valence-electron chi connectivity index (χ1n) is 13.0. The van der Waals surface area contributed by atoms with Gasteiger partial charge in [0.2, 0.25) is 21.8 Å². The van der Waals surface area contributed by atoms with E-state index in [0.717, 1.165) is 21.7 Å². The summed E-state index contributed by atoms with van der Waals surface area (Å²) < 4.78 is 26.8. The van der Waals surface area contributed by atoms with Gasteiger partial charge in [-0.15, -0.1) is 0 Å². The van der Waals surface area contributed by atoms with E-state index in [-0.39, 0.29) is 24.9 Å². The molecule has 0 aromatic heterocycles. The van der Waals surface area contributed by atoms with Gasteiger partial charge in [-0.2, -0.15) is 0 Å². The molecule has 2 amide bonds. The summed E-state index contributed by atoms with van der Waals surface area (Å²) in [6.07, 6.45) is 2.00. The van der Waals surface area contributed by atoms with Crippen LogP contribution in [0.3, 0.4) is 0 Å². The lowest BCUT2D eigenvalue weighted by Gasteiger charge is -2.34. The van der Waals surface area contributed by atoms with Gasteiger partial charge in [0.25, 0.3) is 0 Å². The van der Waals surface area contributed by atoms with E-state index in [1.54, 1.807) is 36.4 Å². The predicted octanol–water partition coefficient (Wildman–Crippen LogP) is 5.62. The summed E-state index contributed by atoms with van der Waals surface area (Å²) >= 11 is 12.4. The Labute approximate surface area is 247 Å². The van der Waals surface area contributed by atoms with E-state index in [1.165, 1.54) is 4.90 Å². The van der Waals surface area contributed by atoms with E-state index in [1.807, 2.05) is 57.2 Å². The Kier molecular flexibility index (Phi) is 11.0. The van der Waals surface area contributed by atoms with Gasteiger partial charge in [-0.05, 0) is 61.2 Å². The zero-order chi connectivity index (χ0) is 29.4. The fraction of sp³-hybridized carbons (Fsp3) is 0.333. The van der Waals surface area contributed by atoms with Crippen LogP contribution in [0, 0.1) is 6.92 Å². The van der Waals surface area contributed by atoms with Gasteiger partial charge < -0.3 is 10.2 Å². The van der Waals surface area contributed by atoms with Crippen molar-refractivity contribution in [3.8, 4) is 0 Å². The third-order valence-corrected chi connectivity index (χ3v) is 8.46. The number of aryl methyl sites for hydroxylation is 1. The molecule has 0 saturated heterocycles. The van der Waals surface area contributed by atoms with Gasteiger partial charge >= 0.3 is 0 Å². The molecule has 214 valence electrons. The maximum absolute atomic E-state index is 14.1.